The molecule has 0 spiro atoms. The Bertz CT molecular complexity index is 1210. The molecule has 0 aliphatic heterocycles. The van der Waals surface area contributed by atoms with E-state index in [4.69, 9.17) is 23.8 Å². The highest BCUT2D eigenvalue weighted by atomic mass is 35.5. The topological polar surface area (TPSA) is 75.2 Å². The van der Waals surface area contributed by atoms with Crippen LogP contribution in [0.4, 0.5) is 0 Å². The molecule has 1 aliphatic carbocycles. The minimum Gasteiger partial charge on any atom is -0.328 e. The number of rotatable bonds is 5. The van der Waals surface area contributed by atoms with E-state index in [1.54, 1.807) is 18.0 Å². The van der Waals surface area contributed by atoms with Gasteiger partial charge in [0.05, 0.1) is 11.3 Å². The van der Waals surface area contributed by atoms with Crippen LogP contribution in [0.5, 0.6) is 0 Å². The van der Waals surface area contributed by atoms with Crippen molar-refractivity contribution >= 4 is 35.6 Å². The lowest BCUT2D eigenvalue weighted by Crippen LogP contribution is -1.91. The van der Waals surface area contributed by atoms with Gasteiger partial charge in [-0.1, -0.05) is 35.9 Å². The number of benzene rings is 1. The number of aromatic nitrogens is 6. The third-order valence-corrected chi connectivity index (χ3v) is 6.60. The molecule has 1 saturated carbocycles. The molecule has 2 N–H and O–H groups in total. The molecule has 3 aromatic heterocycles. The predicted molar refractivity (Wildman–Crippen MR) is 116 cm³/mol. The lowest BCUT2D eigenvalue weighted by molar-refractivity contribution is 0.824. The fourth-order valence-corrected chi connectivity index (χ4v) is 4.63. The molecule has 1 aromatic carbocycles. The smallest absolute Gasteiger partial charge is 0.213 e. The summed E-state index contributed by atoms with van der Waals surface area (Å²) < 4.78 is 2.53. The lowest BCUT2D eigenvalue weighted by Gasteiger charge is -2.07. The van der Waals surface area contributed by atoms with Gasteiger partial charge in [0.1, 0.15) is 21.6 Å². The van der Waals surface area contributed by atoms with Crippen molar-refractivity contribution in [2.24, 2.45) is 7.05 Å². The number of nitrogens with zero attached hydrogens (tertiary/aromatic N) is 4. The van der Waals surface area contributed by atoms with Gasteiger partial charge < -0.3 is 4.57 Å². The summed E-state index contributed by atoms with van der Waals surface area (Å²) in [5, 5.41) is 8.50. The van der Waals surface area contributed by atoms with Crippen LogP contribution in [0.15, 0.2) is 59.0 Å². The quantitative estimate of drug-likeness (QED) is 0.410. The summed E-state index contributed by atoms with van der Waals surface area (Å²) in [4.78, 5) is 13.3. The Labute approximate surface area is 181 Å². The number of halogens is 1. The lowest BCUT2D eigenvalue weighted by atomic mass is 10.1. The second-order valence-electron chi connectivity index (χ2n) is 7.05. The van der Waals surface area contributed by atoms with Crippen molar-refractivity contribution < 1.29 is 0 Å². The third kappa shape index (κ3) is 3.75. The van der Waals surface area contributed by atoms with Crippen LogP contribution < -0.4 is 0 Å². The molecule has 0 bridgehead atoms. The van der Waals surface area contributed by atoms with Gasteiger partial charge in [0.15, 0.2) is 0 Å². The van der Waals surface area contributed by atoms with Crippen molar-refractivity contribution in [1.82, 2.24) is 29.7 Å². The van der Waals surface area contributed by atoms with E-state index in [2.05, 4.69) is 49.4 Å². The largest absolute Gasteiger partial charge is 0.328 e. The zero-order chi connectivity index (χ0) is 20.0. The maximum Gasteiger partial charge on any atom is 0.213 e. The first-order chi connectivity index (χ1) is 14.1. The summed E-state index contributed by atoms with van der Waals surface area (Å²) in [6.07, 6.45) is 4.58. The molecule has 2 unspecified atom stereocenters. The van der Waals surface area contributed by atoms with E-state index >= 15 is 0 Å². The normalized spacial score (nSPS) is 18.1. The first kappa shape index (κ1) is 18.6. The molecule has 3 heterocycles. The van der Waals surface area contributed by atoms with Crippen LogP contribution in [0.2, 0.25) is 5.02 Å². The van der Waals surface area contributed by atoms with Crippen molar-refractivity contribution in [2.45, 2.75) is 28.3 Å². The van der Waals surface area contributed by atoms with E-state index in [1.165, 1.54) is 5.56 Å². The number of hydrogen-bond donors (Lipinski definition) is 2. The number of aryl methyl sites for hydroxylation is 1. The Kier molecular flexibility index (Phi) is 4.77. The Hall–Kier alpha value is -2.42. The Morgan fingerprint density at radius 2 is 1.93 bits per heavy atom. The third-order valence-electron chi connectivity index (χ3n) is 5.06. The maximum atomic E-state index is 5.95. The molecule has 1 fully saturated rings. The van der Waals surface area contributed by atoms with E-state index in [0.717, 1.165) is 33.6 Å². The number of imidazole rings is 1. The van der Waals surface area contributed by atoms with Gasteiger partial charge in [-0.3, -0.25) is 10.2 Å². The number of hydrogen-bond acceptors (Lipinski definition) is 5. The Morgan fingerprint density at radius 3 is 2.62 bits per heavy atom. The molecule has 2 atom stereocenters. The van der Waals surface area contributed by atoms with Gasteiger partial charge in [0.25, 0.3) is 0 Å². The van der Waals surface area contributed by atoms with Crippen molar-refractivity contribution in [2.75, 3.05) is 0 Å². The Morgan fingerprint density at radius 1 is 1.10 bits per heavy atom. The summed E-state index contributed by atoms with van der Waals surface area (Å²) in [6.45, 7) is 0. The summed E-state index contributed by atoms with van der Waals surface area (Å²) in [7, 11) is 1.99. The van der Waals surface area contributed by atoms with Crippen LogP contribution in [0.1, 0.15) is 29.6 Å². The van der Waals surface area contributed by atoms with Crippen molar-refractivity contribution in [3.63, 3.8) is 0 Å². The van der Waals surface area contributed by atoms with Crippen LogP contribution in [0.3, 0.4) is 0 Å². The maximum absolute atomic E-state index is 5.95. The average molecular weight is 441 g/mol. The van der Waals surface area contributed by atoms with Gasteiger partial charge in [-0.15, -0.1) is 0 Å². The molecule has 0 amide bonds. The molecular weight excluding hydrogens is 424 g/mol. The first-order valence-corrected chi connectivity index (χ1v) is 10.7. The fourth-order valence-electron chi connectivity index (χ4n) is 3.47. The molecule has 0 saturated heterocycles. The molecule has 0 radical (unpaired) electrons. The minimum absolute atomic E-state index is 0.408. The molecule has 146 valence electrons. The van der Waals surface area contributed by atoms with E-state index in [-0.39, 0.29) is 0 Å². The fraction of sp³-hybridized carbons (Fsp3) is 0.200. The standard InChI is InChI=1S/C20H17ClN6S2/c1-27-10-23-17(19(27)29-16-7-6-13(21)9-22-16)12-4-2-11(3-5-12)14-8-15(14)18-24-20(28)26-25-18/h2-7,9-10,14-15H,8H2,1H3,(H2,24,25,26,28). The molecular formula is C20H17ClN6S2. The second-order valence-corrected chi connectivity index (χ2v) is 8.88. The highest BCUT2D eigenvalue weighted by Crippen LogP contribution is 2.53. The van der Waals surface area contributed by atoms with Crippen LogP contribution in [0, 0.1) is 4.77 Å². The van der Waals surface area contributed by atoms with Gasteiger partial charge in [-0.25, -0.2) is 15.0 Å². The van der Waals surface area contributed by atoms with Crippen molar-refractivity contribution in [3.8, 4) is 11.3 Å². The molecule has 29 heavy (non-hydrogen) atoms. The van der Waals surface area contributed by atoms with Crippen LogP contribution in [-0.4, -0.2) is 29.7 Å². The zero-order valence-electron chi connectivity index (χ0n) is 15.5. The van der Waals surface area contributed by atoms with Crippen LogP contribution in [-0.2, 0) is 7.05 Å². The summed E-state index contributed by atoms with van der Waals surface area (Å²) >= 11 is 12.6. The molecule has 4 aromatic rings. The van der Waals surface area contributed by atoms with Gasteiger partial charge in [-0.2, -0.15) is 0 Å². The monoisotopic (exact) mass is 440 g/mol. The molecule has 6 nitrogen and oxygen atoms in total. The average Bonchev–Trinajstić information content (AvgIpc) is 3.28. The number of H-pyrrole nitrogens is 2. The van der Waals surface area contributed by atoms with Crippen molar-refractivity contribution in [1.29, 1.82) is 0 Å². The summed E-state index contributed by atoms with van der Waals surface area (Å²) in [6, 6.07) is 12.4. The first-order valence-electron chi connectivity index (χ1n) is 9.14. The van der Waals surface area contributed by atoms with Gasteiger partial charge in [0, 0.05) is 24.7 Å². The van der Waals surface area contributed by atoms with Crippen molar-refractivity contribution in [3.05, 3.63) is 70.1 Å². The SMILES string of the molecule is Cn1cnc(-c2ccc(C3CC3c3nc(=S)[nH][nH]3)cc2)c1Sc1ccc(Cl)cn1. The molecule has 9 heteroatoms. The minimum atomic E-state index is 0.408. The summed E-state index contributed by atoms with van der Waals surface area (Å²) in [5.41, 5.74) is 3.34. The van der Waals surface area contributed by atoms with Gasteiger partial charge >= 0.3 is 0 Å². The molecule has 5 rings (SSSR count). The highest BCUT2D eigenvalue weighted by Gasteiger charge is 2.41. The van der Waals surface area contributed by atoms with Gasteiger partial charge in [0.2, 0.25) is 4.77 Å². The van der Waals surface area contributed by atoms with E-state index in [0.29, 0.717) is 21.6 Å². The zero-order valence-corrected chi connectivity index (χ0v) is 17.9. The Balaban J connectivity index is 1.37. The van der Waals surface area contributed by atoms with E-state index in [9.17, 15) is 0 Å². The van der Waals surface area contributed by atoms with E-state index in [1.807, 2.05) is 30.1 Å². The second kappa shape index (κ2) is 7.44. The highest BCUT2D eigenvalue weighted by molar-refractivity contribution is 7.99. The number of pyridine rings is 1. The number of nitrogens with one attached hydrogen (secondary N) is 2. The predicted octanol–water partition coefficient (Wildman–Crippen LogP) is 5.34. The van der Waals surface area contributed by atoms with E-state index < -0.39 is 0 Å². The van der Waals surface area contributed by atoms with Crippen LogP contribution >= 0.6 is 35.6 Å². The summed E-state index contributed by atoms with van der Waals surface area (Å²) in [5.74, 6) is 1.84. The van der Waals surface area contributed by atoms with Gasteiger partial charge in [-0.05, 0) is 54.0 Å². The number of aromatic amines is 2. The van der Waals surface area contributed by atoms with Crippen LogP contribution in [0.25, 0.3) is 11.3 Å². The molecule has 1 aliphatic rings.